The molecule has 1 N–H and O–H groups in total. The molecule has 2 aromatic carbocycles. The molecule has 0 unspecified atom stereocenters. The van der Waals surface area contributed by atoms with Gasteiger partial charge in [0.25, 0.3) is 0 Å². The molecule has 0 bridgehead atoms. The quantitative estimate of drug-likeness (QED) is 0.861. The number of hydrogen-bond acceptors (Lipinski definition) is 3. The van der Waals surface area contributed by atoms with Crippen molar-refractivity contribution in [1.29, 1.82) is 0 Å². The normalized spacial score (nSPS) is 10.1. The second-order valence-corrected chi connectivity index (χ2v) is 4.91. The number of amides is 1. The summed E-state index contributed by atoms with van der Waals surface area (Å²) in [4.78, 5) is 24.0. The molecule has 0 aliphatic heterocycles. The summed E-state index contributed by atoms with van der Waals surface area (Å²) in [5, 5.41) is 2.85. The van der Waals surface area contributed by atoms with Gasteiger partial charge in [0.1, 0.15) is 0 Å². The van der Waals surface area contributed by atoms with E-state index >= 15 is 0 Å². The Balaban J connectivity index is 2.11. The fraction of sp³-hybridized carbons (Fsp3) is 0.222. The smallest absolute Gasteiger partial charge is 0.338 e. The zero-order chi connectivity index (χ0) is 15.9. The van der Waals surface area contributed by atoms with Crippen LogP contribution in [0.3, 0.4) is 0 Å². The minimum Gasteiger partial charge on any atom is -0.462 e. The van der Waals surface area contributed by atoms with Gasteiger partial charge in [-0.1, -0.05) is 36.4 Å². The van der Waals surface area contributed by atoms with Crippen molar-refractivity contribution < 1.29 is 14.3 Å². The first-order valence-electron chi connectivity index (χ1n) is 7.22. The topological polar surface area (TPSA) is 55.4 Å². The van der Waals surface area contributed by atoms with Gasteiger partial charge in [0, 0.05) is 5.69 Å². The van der Waals surface area contributed by atoms with Crippen molar-refractivity contribution in [2.75, 3.05) is 11.9 Å². The van der Waals surface area contributed by atoms with Crippen LogP contribution in [0.4, 0.5) is 5.69 Å². The lowest BCUT2D eigenvalue weighted by Gasteiger charge is -2.12. The molecule has 0 radical (unpaired) electrons. The van der Waals surface area contributed by atoms with Gasteiger partial charge >= 0.3 is 5.97 Å². The number of anilines is 1. The van der Waals surface area contributed by atoms with Crippen LogP contribution in [0, 0.1) is 6.92 Å². The van der Waals surface area contributed by atoms with Crippen molar-refractivity contribution in [3.63, 3.8) is 0 Å². The van der Waals surface area contributed by atoms with Crippen LogP contribution in [0.25, 0.3) is 0 Å². The Morgan fingerprint density at radius 3 is 2.45 bits per heavy atom. The van der Waals surface area contributed by atoms with Crippen molar-refractivity contribution in [2.45, 2.75) is 20.3 Å². The average molecular weight is 297 g/mol. The van der Waals surface area contributed by atoms with E-state index in [1.165, 1.54) is 0 Å². The molecule has 2 rings (SSSR count). The molecule has 0 atom stereocenters. The van der Waals surface area contributed by atoms with Gasteiger partial charge in [-0.2, -0.15) is 0 Å². The number of hydrogen-bond donors (Lipinski definition) is 1. The number of benzene rings is 2. The first-order valence-corrected chi connectivity index (χ1v) is 7.22. The van der Waals surface area contributed by atoms with E-state index in [9.17, 15) is 9.59 Å². The molecule has 4 heteroatoms. The van der Waals surface area contributed by atoms with Gasteiger partial charge in [-0.05, 0) is 37.1 Å². The molecule has 0 saturated heterocycles. The molecule has 1 amide bonds. The molecule has 22 heavy (non-hydrogen) atoms. The minimum atomic E-state index is -0.376. The van der Waals surface area contributed by atoms with Gasteiger partial charge in [0.05, 0.1) is 18.6 Å². The first kappa shape index (κ1) is 15.8. The Labute approximate surface area is 130 Å². The number of nitrogens with one attached hydrogen (secondary N) is 1. The SMILES string of the molecule is CCOC(=O)c1cccc(NC(=O)Cc2ccccc2)c1C. The molecule has 0 saturated carbocycles. The molecule has 0 fully saturated rings. The monoisotopic (exact) mass is 297 g/mol. The van der Waals surface area contributed by atoms with Crippen LogP contribution in [0.5, 0.6) is 0 Å². The standard InChI is InChI=1S/C18H19NO3/c1-3-22-18(21)15-10-7-11-16(13(15)2)19-17(20)12-14-8-5-4-6-9-14/h4-11H,3,12H2,1-2H3,(H,19,20). The van der Waals surface area contributed by atoms with Crippen LogP contribution in [0.15, 0.2) is 48.5 Å². The van der Waals surface area contributed by atoms with Crippen LogP contribution in [0.2, 0.25) is 0 Å². The number of ether oxygens (including phenoxy) is 1. The summed E-state index contributed by atoms with van der Waals surface area (Å²) in [6.45, 7) is 3.88. The maximum Gasteiger partial charge on any atom is 0.338 e. The zero-order valence-corrected chi connectivity index (χ0v) is 12.8. The summed E-state index contributed by atoms with van der Waals surface area (Å²) >= 11 is 0. The predicted octanol–water partition coefficient (Wildman–Crippen LogP) is 3.35. The molecular formula is C18H19NO3. The van der Waals surface area contributed by atoms with Crippen molar-refractivity contribution >= 4 is 17.6 Å². The Bertz CT molecular complexity index is 665. The van der Waals surface area contributed by atoms with Crippen LogP contribution >= 0.6 is 0 Å². The van der Waals surface area contributed by atoms with Gasteiger partial charge in [0.15, 0.2) is 0 Å². The Hall–Kier alpha value is -2.62. The van der Waals surface area contributed by atoms with Crippen molar-refractivity contribution in [3.8, 4) is 0 Å². The molecule has 0 aliphatic rings. The molecule has 0 aliphatic carbocycles. The highest BCUT2D eigenvalue weighted by Gasteiger charge is 2.14. The molecular weight excluding hydrogens is 278 g/mol. The van der Waals surface area contributed by atoms with E-state index in [0.717, 1.165) is 5.56 Å². The van der Waals surface area contributed by atoms with Gasteiger partial charge in [-0.3, -0.25) is 4.79 Å². The fourth-order valence-corrected chi connectivity index (χ4v) is 2.18. The maximum atomic E-state index is 12.1. The van der Waals surface area contributed by atoms with Crippen LogP contribution < -0.4 is 5.32 Å². The third-order valence-electron chi connectivity index (χ3n) is 3.31. The first-order chi connectivity index (χ1) is 10.6. The number of carbonyl (C=O) groups excluding carboxylic acids is 2. The largest absolute Gasteiger partial charge is 0.462 e. The van der Waals surface area contributed by atoms with E-state index in [1.54, 1.807) is 32.0 Å². The second-order valence-electron chi connectivity index (χ2n) is 4.91. The molecule has 0 aromatic heterocycles. The zero-order valence-electron chi connectivity index (χ0n) is 12.8. The number of rotatable bonds is 5. The van der Waals surface area contributed by atoms with E-state index < -0.39 is 0 Å². The number of carbonyl (C=O) groups is 2. The summed E-state index contributed by atoms with van der Waals surface area (Å²) in [6.07, 6.45) is 0.296. The van der Waals surface area contributed by atoms with E-state index in [1.807, 2.05) is 30.3 Å². The highest BCUT2D eigenvalue weighted by atomic mass is 16.5. The lowest BCUT2D eigenvalue weighted by Crippen LogP contribution is -2.16. The summed E-state index contributed by atoms with van der Waals surface area (Å²) in [6, 6.07) is 14.7. The Kier molecular flexibility index (Phi) is 5.31. The van der Waals surface area contributed by atoms with E-state index in [-0.39, 0.29) is 11.9 Å². The average Bonchev–Trinajstić information content (AvgIpc) is 2.50. The molecule has 4 nitrogen and oxygen atoms in total. The van der Waals surface area contributed by atoms with Crippen molar-refractivity contribution in [1.82, 2.24) is 0 Å². The van der Waals surface area contributed by atoms with E-state index in [0.29, 0.717) is 29.8 Å². The maximum absolute atomic E-state index is 12.1. The van der Waals surface area contributed by atoms with Crippen molar-refractivity contribution in [3.05, 3.63) is 65.2 Å². The predicted molar refractivity (Wildman–Crippen MR) is 85.9 cm³/mol. The third-order valence-corrected chi connectivity index (χ3v) is 3.31. The molecule has 0 spiro atoms. The van der Waals surface area contributed by atoms with Gasteiger partial charge in [0.2, 0.25) is 5.91 Å². The molecule has 2 aromatic rings. The Morgan fingerprint density at radius 1 is 1.05 bits per heavy atom. The summed E-state index contributed by atoms with van der Waals surface area (Å²) < 4.78 is 5.01. The van der Waals surface area contributed by atoms with Gasteiger partial charge in [-0.15, -0.1) is 0 Å². The van der Waals surface area contributed by atoms with Crippen LogP contribution in [0.1, 0.15) is 28.4 Å². The summed E-state index contributed by atoms with van der Waals surface area (Å²) in [7, 11) is 0. The number of esters is 1. The van der Waals surface area contributed by atoms with Crippen LogP contribution in [-0.4, -0.2) is 18.5 Å². The third kappa shape index (κ3) is 3.95. The molecule has 114 valence electrons. The lowest BCUT2D eigenvalue weighted by molar-refractivity contribution is -0.115. The summed E-state index contributed by atoms with van der Waals surface area (Å²) in [5.41, 5.74) is 2.76. The highest BCUT2D eigenvalue weighted by molar-refractivity contribution is 5.97. The lowest BCUT2D eigenvalue weighted by atomic mass is 10.1. The second kappa shape index (κ2) is 7.41. The van der Waals surface area contributed by atoms with Gasteiger partial charge in [-0.25, -0.2) is 4.79 Å². The minimum absolute atomic E-state index is 0.115. The summed E-state index contributed by atoms with van der Waals surface area (Å²) in [5.74, 6) is -0.491. The van der Waals surface area contributed by atoms with E-state index in [2.05, 4.69) is 5.32 Å². The van der Waals surface area contributed by atoms with Crippen LogP contribution in [-0.2, 0) is 16.0 Å². The highest BCUT2D eigenvalue weighted by Crippen LogP contribution is 2.20. The fourth-order valence-electron chi connectivity index (χ4n) is 2.18. The Morgan fingerprint density at radius 2 is 1.77 bits per heavy atom. The van der Waals surface area contributed by atoms with Gasteiger partial charge < -0.3 is 10.1 Å². The van der Waals surface area contributed by atoms with E-state index in [4.69, 9.17) is 4.74 Å². The molecule has 0 heterocycles. The van der Waals surface area contributed by atoms with Crippen molar-refractivity contribution in [2.24, 2.45) is 0 Å².